The lowest BCUT2D eigenvalue weighted by Crippen LogP contribution is -2.58. The van der Waals surface area contributed by atoms with Gasteiger partial charge < -0.3 is 10.2 Å². The van der Waals surface area contributed by atoms with Gasteiger partial charge in [-0.25, -0.2) is 0 Å². The molecule has 2 unspecified atom stereocenters. The van der Waals surface area contributed by atoms with Gasteiger partial charge in [-0.05, 0) is 31.4 Å². The van der Waals surface area contributed by atoms with Gasteiger partial charge in [-0.15, -0.1) is 0 Å². The maximum atomic E-state index is 3.67. The van der Waals surface area contributed by atoms with E-state index in [4.69, 9.17) is 0 Å². The molecule has 2 atom stereocenters. The molecule has 0 spiro atoms. The second-order valence-corrected chi connectivity index (χ2v) is 5.81. The lowest BCUT2D eigenvalue weighted by atomic mass is 9.96. The first kappa shape index (κ1) is 13.4. The van der Waals surface area contributed by atoms with Crippen molar-refractivity contribution in [3.05, 3.63) is 29.8 Å². The van der Waals surface area contributed by atoms with Crippen LogP contribution in [0.1, 0.15) is 32.8 Å². The summed E-state index contributed by atoms with van der Waals surface area (Å²) in [6.45, 7) is 11.3. The van der Waals surface area contributed by atoms with Crippen LogP contribution in [0.5, 0.6) is 0 Å². The molecule has 0 radical (unpaired) electrons. The van der Waals surface area contributed by atoms with Gasteiger partial charge in [0.15, 0.2) is 0 Å². The Morgan fingerprint density at radius 2 is 1.94 bits per heavy atom. The zero-order valence-corrected chi connectivity index (χ0v) is 12.1. The number of rotatable bonds is 3. The number of anilines is 1. The Morgan fingerprint density at radius 1 is 1.28 bits per heavy atom. The number of benzene rings is 1. The first-order valence-corrected chi connectivity index (χ1v) is 7.18. The van der Waals surface area contributed by atoms with Crippen LogP contribution in [-0.2, 0) is 0 Å². The highest BCUT2D eigenvalue weighted by Crippen LogP contribution is 2.24. The van der Waals surface area contributed by atoms with E-state index >= 15 is 0 Å². The molecule has 2 heteroatoms. The molecule has 18 heavy (non-hydrogen) atoms. The SMILES string of the molecule is CCC1CN(c2ccc(C)cc2)C(C(C)C)CN1. The lowest BCUT2D eigenvalue weighted by Gasteiger charge is -2.44. The van der Waals surface area contributed by atoms with E-state index in [1.54, 1.807) is 0 Å². The van der Waals surface area contributed by atoms with Gasteiger partial charge in [0.1, 0.15) is 0 Å². The largest absolute Gasteiger partial charge is 0.365 e. The second-order valence-electron chi connectivity index (χ2n) is 5.81. The Morgan fingerprint density at radius 3 is 2.50 bits per heavy atom. The highest BCUT2D eigenvalue weighted by atomic mass is 15.2. The number of aryl methyl sites for hydroxylation is 1. The molecule has 1 aliphatic rings. The van der Waals surface area contributed by atoms with Crippen LogP contribution in [0, 0.1) is 12.8 Å². The highest BCUT2D eigenvalue weighted by Gasteiger charge is 2.29. The molecule has 1 fully saturated rings. The molecule has 0 aromatic heterocycles. The first-order chi connectivity index (χ1) is 8.61. The summed E-state index contributed by atoms with van der Waals surface area (Å²) in [5.74, 6) is 0.677. The Kier molecular flexibility index (Phi) is 4.28. The summed E-state index contributed by atoms with van der Waals surface area (Å²) < 4.78 is 0. The topological polar surface area (TPSA) is 15.3 Å². The molecule has 1 saturated heterocycles. The van der Waals surface area contributed by atoms with Crippen molar-refractivity contribution in [2.45, 2.75) is 46.2 Å². The van der Waals surface area contributed by atoms with Crippen LogP contribution in [0.4, 0.5) is 5.69 Å². The standard InChI is InChI=1S/C16H26N2/c1-5-14-11-18(16(10-17-14)12(2)3)15-8-6-13(4)7-9-15/h6-9,12,14,16-17H,5,10-11H2,1-4H3. The third-order valence-electron chi connectivity index (χ3n) is 4.06. The van der Waals surface area contributed by atoms with Crippen LogP contribution in [0.3, 0.4) is 0 Å². The van der Waals surface area contributed by atoms with E-state index in [1.165, 1.54) is 17.7 Å². The summed E-state index contributed by atoms with van der Waals surface area (Å²) in [6.07, 6.45) is 1.20. The normalized spacial score (nSPS) is 24.6. The quantitative estimate of drug-likeness (QED) is 0.881. The van der Waals surface area contributed by atoms with Gasteiger partial charge in [0.05, 0.1) is 0 Å². The number of piperazine rings is 1. The number of hydrogen-bond donors (Lipinski definition) is 1. The summed E-state index contributed by atoms with van der Waals surface area (Å²) in [5, 5.41) is 3.67. The van der Waals surface area contributed by atoms with Gasteiger partial charge in [0.2, 0.25) is 0 Å². The van der Waals surface area contributed by atoms with Crippen molar-refractivity contribution in [3.63, 3.8) is 0 Å². The summed E-state index contributed by atoms with van der Waals surface area (Å²) in [4.78, 5) is 2.59. The van der Waals surface area contributed by atoms with Crippen LogP contribution >= 0.6 is 0 Å². The fraction of sp³-hybridized carbons (Fsp3) is 0.625. The van der Waals surface area contributed by atoms with Gasteiger partial charge >= 0.3 is 0 Å². The van der Waals surface area contributed by atoms with E-state index in [0.717, 1.165) is 13.1 Å². The minimum absolute atomic E-state index is 0.607. The van der Waals surface area contributed by atoms with Crippen molar-refractivity contribution >= 4 is 5.69 Å². The van der Waals surface area contributed by atoms with Crippen LogP contribution in [-0.4, -0.2) is 25.2 Å². The van der Waals surface area contributed by atoms with Crippen LogP contribution < -0.4 is 10.2 Å². The molecule has 0 amide bonds. The van der Waals surface area contributed by atoms with Gasteiger partial charge in [-0.2, -0.15) is 0 Å². The smallest absolute Gasteiger partial charge is 0.0438 e. The Hall–Kier alpha value is -1.02. The molecular weight excluding hydrogens is 220 g/mol. The summed E-state index contributed by atoms with van der Waals surface area (Å²) in [7, 11) is 0. The number of hydrogen-bond acceptors (Lipinski definition) is 2. The molecule has 1 aromatic carbocycles. The van der Waals surface area contributed by atoms with Gasteiger partial charge in [-0.1, -0.05) is 38.5 Å². The van der Waals surface area contributed by atoms with Crippen molar-refractivity contribution in [1.82, 2.24) is 5.32 Å². The Labute approximate surface area is 111 Å². The molecule has 1 aromatic rings. The predicted octanol–water partition coefficient (Wildman–Crippen LogP) is 3.21. The van der Waals surface area contributed by atoms with Gasteiger partial charge in [0, 0.05) is 30.9 Å². The number of nitrogens with one attached hydrogen (secondary N) is 1. The van der Waals surface area contributed by atoms with E-state index in [9.17, 15) is 0 Å². The average Bonchev–Trinajstić information content (AvgIpc) is 2.38. The average molecular weight is 246 g/mol. The fourth-order valence-electron chi connectivity index (χ4n) is 2.74. The number of nitrogens with zero attached hydrogens (tertiary/aromatic N) is 1. The summed E-state index contributed by atoms with van der Waals surface area (Å²) >= 11 is 0. The molecular formula is C16H26N2. The van der Waals surface area contributed by atoms with Gasteiger partial charge in [0.25, 0.3) is 0 Å². The van der Waals surface area contributed by atoms with Crippen molar-refractivity contribution in [2.75, 3.05) is 18.0 Å². The molecule has 2 nitrogen and oxygen atoms in total. The highest BCUT2D eigenvalue weighted by molar-refractivity contribution is 5.49. The van der Waals surface area contributed by atoms with E-state index in [-0.39, 0.29) is 0 Å². The van der Waals surface area contributed by atoms with Crippen LogP contribution in [0.25, 0.3) is 0 Å². The molecule has 100 valence electrons. The van der Waals surface area contributed by atoms with E-state index in [2.05, 4.69) is 62.2 Å². The fourth-order valence-corrected chi connectivity index (χ4v) is 2.74. The van der Waals surface area contributed by atoms with E-state index in [0.29, 0.717) is 18.0 Å². The second kappa shape index (κ2) is 5.75. The molecule has 0 aliphatic carbocycles. The minimum atomic E-state index is 0.607. The van der Waals surface area contributed by atoms with Crippen molar-refractivity contribution < 1.29 is 0 Å². The Bertz CT molecular complexity index is 369. The summed E-state index contributed by atoms with van der Waals surface area (Å²) in [6, 6.07) is 10.2. The molecule has 1 aliphatic heterocycles. The lowest BCUT2D eigenvalue weighted by molar-refractivity contribution is 0.333. The van der Waals surface area contributed by atoms with Gasteiger partial charge in [-0.3, -0.25) is 0 Å². The third-order valence-corrected chi connectivity index (χ3v) is 4.06. The first-order valence-electron chi connectivity index (χ1n) is 7.18. The Balaban J connectivity index is 2.21. The van der Waals surface area contributed by atoms with Crippen molar-refractivity contribution in [1.29, 1.82) is 0 Å². The van der Waals surface area contributed by atoms with Crippen LogP contribution in [0.2, 0.25) is 0 Å². The van der Waals surface area contributed by atoms with E-state index in [1.807, 2.05) is 0 Å². The summed E-state index contributed by atoms with van der Waals surface area (Å²) in [5.41, 5.74) is 2.71. The monoisotopic (exact) mass is 246 g/mol. The maximum absolute atomic E-state index is 3.67. The molecule has 0 saturated carbocycles. The molecule has 0 bridgehead atoms. The molecule has 2 rings (SSSR count). The zero-order chi connectivity index (χ0) is 13.1. The van der Waals surface area contributed by atoms with Crippen molar-refractivity contribution in [3.8, 4) is 0 Å². The molecule has 1 N–H and O–H groups in total. The minimum Gasteiger partial charge on any atom is -0.365 e. The predicted molar refractivity (Wildman–Crippen MR) is 79.2 cm³/mol. The maximum Gasteiger partial charge on any atom is 0.0438 e. The zero-order valence-electron chi connectivity index (χ0n) is 12.1. The third kappa shape index (κ3) is 2.86. The van der Waals surface area contributed by atoms with Crippen molar-refractivity contribution in [2.24, 2.45) is 5.92 Å². The van der Waals surface area contributed by atoms with Crippen LogP contribution in [0.15, 0.2) is 24.3 Å². The molecule has 1 heterocycles. The van der Waals surface area contributed by atoms with E-state index < -0.39 is 0 Å².